The van der Waals surface area contributed by atoms with Crippen LogP contribution in [0.4, 0.5) is 0 Å². The monoisotopic (exact) mass is 133 g/mol. The standard InChI is InChI=1S/C9H11N/c1-7-2-3-9-8(6-7)4-5-10-9/h3,6,10H,1-2,4-5H2. The molecule has 2 aliphatic rings. The summed E-state index contributed by atoms with van der Waals surface area (Å²) >= 11 is 0. The Morgan fingerprint density at radius 3 is 3.30 bits per heavy atom. The van der Waals surface area contributed by atoms with Gasteiger partial charge in [0.15, 0.2) is 0 Å². The molecule has 0 radical (unpaired) electrons. The summed E-state index contributed by atoms with van der Waals surface area (Å²) in [6.45, 7) is 5.03. The van der Waals surface area contributed by atoms with E-state index in [-0.39, 0.29) is 0 Å². The molecular weight excluding hydrogens is 122 g/mol. The van der Waals surface area contributed by atoms with Gasteiger partial charge in [0.05, 0.1) is 0 Å². The topological polar surface area (TPSA) is 12.0 Å². The van der Waals surface area contributed by atoms with Crippen molar-refractivity contribution in [1.29, 1.82) is 0 Å². The predicted octanol–water partition coefficient (Wildman–Crippen LogP) is 1.75. The first-order valence-corrected chi connectivity index (χ1v) is 3.69. The molecule has 1 aliphatic heterocycles. The minimum absolute atomic E-state index is 1.02. The van der Waals surface area contributed by atoms with E-state index in [2.05, 4.69) is 24.0 Å². The van der Waals surface area contributed by atoms with Crippen LogP contribution >= 0.6 is 0 Å². The number of fused-ring (bicyclic) bond motifs is 1. The molecule has 1 heteroatoms. The molecular formula is C9H11N. The van der Waals surface area contributed by atoms with Crippen molar-refractivity contribution in [3.63, 3.8) is 0 Å². The maximum Gasteiger partial charge on any atom is 0.0336 e. The van der Waals surface area contributed by atoms with Crippen molar-refractivity contribution >= 4 is 0 Å². The molecule has 1 aliphatic carbocycles. The Labute approximate surface area is 61.1 Å². The molecule has 1 heterocycles. The molecule has 0 unspecified atom stereocenters. The van der Waals surface area contributed by atoms with Crippen LogP contribution in [0.1, 0.15) is 12.8 Å². The zero-order valence-corrected chi connectivity index (χ0v) is 5.98. The first-order chi connectivity index (χ1) is 4.86. The van der Waals surface area contributed by atoms with Gasteiger partial charge in [0.25, 0.3) is 0 Å². The van der Waals surface area contributed by atoms with Crippen LogP contribution in [0.15, 0.2) is 35.6 Å². The average Bonchev–Trinajstić information content (AvgIpc) is 2.33. The van der Waals surface area contributed by atoms with E-state index < -0.39 is 0 Å². The molecule has 1 saturated heterocycles. The SMILES string of the molecule is C=C1C=C2CCNC2=CC1. The molecule has 10 heavy (non-hydrogen) atoms. The van der Waals surface area contributed by atoms with Gasteiger partial charge < -0.3 is 5.32 Å². The summed E-state index contributed by atoms with van der Waals surface area (Å²) in [5.74, 6) is 0. The summed E-state index contributed by atoms with van der Waals surface area (Å²) in [6.07, 6.45) is 6.62. The number of nitrogens with one attached hydrogen (secondary N) is 1. The predicted molar refractivity (Wildman–Crippen MR) is 42.5 cm³/mol. The van der Waals surface area contributed by atoms with E-state index in [9.17, 15) is 0 Å². The van der Waals surface area contributed by atoms with Gasteiger partial charge in [0.2, 0.25) is 0 Å². The fourth-order valence-corrected chi connectivity index (χ4v) is 1.47. The molecule has 0 amide bonds. The molecule has 0 aromatic rings. The number of hydrogen-bond donors (Lipinski definition) is 1. The Hall–Kier alpha value is -0.980. The summed E-state index contributed by atoms with van der Waals surface area (Å²) < 4.78 is 0. The maximum absolute atomic E-state index is 3.93. The molecule has 0 aromatic carbocycles. The van der Waals surface area contributed by atoms with Crippen molar-refractivity contribution in [2.75, 3.05) is 6.54 Å². The van der Waals surface area contributed by atoms with Crippen LogP contribution in [0.5, 0.6) is 0 Å². The van der Waals surface area contributed by atoms with Gasteiger partial charge in [0.1, 0.15) is 0 Å². The van der Waals surface area contributed by atoms with E-state index in [1.165, 1.54) is 23.3 Å². The normalized spacial score (nSPS) is 23.0. The van der Waals surface area contributed by atoms with Crippen molar-refractivity contribution in [2.24, 2.45) is 0 Å². The average molecular weight is 133 g/mol. The zero-order chi connectivity index (χ0) is 6.97. The summed E-state index contributed by atoms with van der Waals surface area (Å²) in [6, 6.07) is 0. The molecule has 0 saturated carbocycles. The number of hydrogen-bond acceptors (Lipinski definition) is 1. The van der Waals surface area contributed by atoms with Crippen LogP contribution in [-0.4, -0.2) is 6.54 Å². The van der Waals surface area contributed by atoms with E-state index in [1.807, 2.05) is 0 Å². The highest BCUT2D eigenvalue weighted by Gasteiger charge is 2.14. The fourth-order valence-electron chi connectivity index (χ4n) is 1.47. The highest BCUT2D eigenvalue weighted by Crippen LogP contribution is 2.25. The molecule has 1 fully saturated rings. The van der Waals surface area contributed by atoms with Crippen molar-refractivity contribution < 1.29 is 0 Å². The first kappa shape index (κ1) is 5.78. The molecule has 0 bridgehead atoms. The summed E-state index contributed by atoms with van der Waals surface area (Å²) in [5.41, 5.74) is 4.02. The maximum atomic E-state index is 3.93. The third kappa shape index (κ3) is 0.783. The van der Waals surface area contributed by atoms with Crippen LogP contribution in [-0.2, 0) is 0 Å². The summed E-state index contributed by atoms with van der Waals surface area (Å²) in [5, 5.41) is 3.33. The molecule has 0 atom stereocenters. The van der Waals surface area contributed by atoms with E-state index in [0.29, 0.717) is 0 Å². The van der Waals surface area contributed by atoms with E-state index >= 15 is 0 Å². The largest absolute Gasteiger partial charge is 0.385 e. The van der Waals surface area contributed by atoms with Crippen LogP contribution in [0.2, 0.25) is 0 Å². The van der Waals surface area contributed by atoms with E-state index in [0.717, 1.165) is 13.0 Å². The van der Waals surface area contributed by atoms with Gasteiger partial charge in [-0.1, -0.05) is 24.3 Å². The molecule has 1 N–H and O–H groups in total. The van der Waals surface area contributed by atoms with Crippen molar-refractivity contribution in [1.82, 2.24) is 5.32 Å². The van der Waals surface area contributed by atoms with Gasteiger partial charge in [-0.05, 0) is 18.4 Å². The second kappa shape index (κ2) is 2.01. The Morgan fingerprint density at radius 2 is 2.40 bits per heavy atom. The molecule has 0 spiro atoms. The number of allylic oxidation sites excluding steroid dienone is 4. The van der Waals surface area contributed by atoms with Gasteiger partial charge >= 0.3 is 0 Å². The third-order valence-corrected chi connectivity index (χ3v) is 2.00. The minimum Gasteiger partial charge on any atom is -0.385 e. The van der Waals surface area contributed by atoms with Crippen LogP contribution in [0, 0.1) is 0 Å². The smallest absolute Gasteiger partial charge is 0.0336 e. The molecule has 1 nitrogen and oxygen atoms in total. The lowest BCUT2D eigenvalue weighted by Gasteiger charge is -2.08. The van der Waals surface area contributed by atoms with Gasteiger partial charge in [0, 0.05) is 12.2 Å². The van der Waals surface area contributed by atoms with Gasteiger partial charge in [-0.25, -0.2) is 0 Å². The second-order valence-electron chi connectivity index (χ2n) is 2.83. The quantitative estimate of drug-likeness (QED) is 0.531. The Bertz CT molecular complexity index is 233. The Morgan fingerprint density at radius 1 is 1.50 bits per heavy atom. The second-order valence-corrected chi connectivity index (χ2v) is 2.83. The van der Waals surface area contributed by atoms with Gasteiger partial charge in [-0.3, -0.25) is 0 Å². The van der Waals surface area contributed by atoms with Crippen LogP contribution < -0.4 is 5.32 Å². The highest BCUT2D eigenvalue weighted by molar-refractivity contribution is 5.43. The molecule has 2 rings (SSSR count). The lowest BCUT2D eigenvalue weighted by Crippen LogP contribution is -2.05. The molecule has 52 valence electrons. The van der Waals surface area contributed by atoms with E-state index in [4.69, 9.17) is 0 Å². The van der Waals surface area contributed by atoms with Gasteiger partial charge in [-0.2, -0.15) is 0 Å². The molecule has 0 aromatic heterocycles. The third-order valence-electron chi connectivity index (χ3n) is 2.00. The highest BCUT2D eigenvalue weighted by atomic mass is 14.9. The lowest BCUT2D eigenvalue weighted by molar-refractivity contribution is 0.912. The minimum atomic E-state index is 1.02. The lowest BCUT2D eigenvalue weighted by atomic mass is 10.0. The van der Waals surface area contributed by atoms with Crippen LogP contribution in [0.3, 0.4) is 0 Å². The first-order valence-electron chi connectivity index (χ1n) is 3.69. The number of rotatable bonds is 0. The Balaban J connectivity index is 2.35. The summed E-state index contributed by atoms with van der Waals surface area (Å²) in [4.78, 5) is 0. The Kier molecular flexibility index (Phi) is 1.16. The summed E-state index contributed by atoms with van der Waals surface area (Å²) in [7, 11) is 0. The fraction of sp³-hybridized carbons (Fsp3) is 0.333. The van der Waals surface area contributed by atoms with Crippen molar-refractivity contribution in [3.8, 4) is 0 Å². The van der Waals surface area contributed by atoms with Crippen molar-refractivity contribution in [2.45, 2.75) is 12.8 Å². The van der Waals surface area contributed by atoms with E-state index in [1.54, 1.807) is 0 Å². The van der Waals surface area contributed by atoms with Crippen LogP contribution in [0.25, 0.3) is 0 Å². The van der Waals surface area contributed by atoms with Crippen molar-refractivity contribution in [3.05, 3.63) is 35.6 Å². The van der Waals surface area contributed by atoms with Gasteiger partial charge in [-0.15, -0.1) is 0 Å². The zero-order valence-electron chi connectivity index (χ0n) is 5.98.